The molecule has 36 heavy (non-hydrogen) atoms. The molecule has 0 atom stereocenters. The topological polar surface area (TPSA) is 120 Å². The van der Waals surface area contributed by atoms with Gasteiger partial charge in [-0.3, -0.25) is 9.59 Å². The van der Waals surface area contributed by atoms with Gasteiger partial charge in [-0.05, 0) is 50.6 Å². The minimum atomic E-state index is -0.674. The van der Waals surface area contributed by atoms with Crippen molar-refractivity contribution < 1.29 is 33.4 Å². The van der Waals surface area contributed by atoms with Crippen molar-refractivity contribution in [1.29, 1.82) is 0 Å². The van der Waals surface area contributed by atoms with Gasteiger partial charge in [-0.15, -0.1) is 11.3 Å². The third kappa shape index (κ3) is 5.72. The van der Waals surface area contributed by atoms with Crippen LogP contribution in [0.4, 0.5) is 10.7 Å². The average Bonchev–Trinajstić information content (AvgIpc) is 3.20. The standard InChI is InChI=1S/C26H26N2O7S/c1-5-34-25(31)16-11-7-9-13-18(16)27-23(30)21-15(3)20(26(32)35-6-2)24(36-21)28-22(29)17-12-8-10-14-19(17)33-4/h7-14H,5-6H2,1-4H3,(H,27,30)(H,28,29). The molecule has 188 valence electrons. The van der Waals surface area contributed by atoms with Gasteiger partial charge in [0.05, 0.1) is 47.6 Å². The third-order valence-electron chi connectivity index (χ3n) is 5.08. The summed E-state index contributed by atoms with van der Waals surface area (Å²) in [6, 6.07) is 13.1. The molecule has 0 unspecified atom stereocenters. The van der Waals surface area contributed by atoms with Gasteiger partial charge in [0.2, 0.25) is 0 Å². The Morgan fingerprint density at radius 2 is 1.42 bits per heavy atom. The fourth-order valence-electron chi connectivity index (χ4n) is 3.43. The number of benzene rings is 2. The maximum Gasteiger partial charge on any atom is 0.341 e. The largest absolute Gasteiger partial charge is 0.496 e. The van der Waals surface area contributed by atoms with Crippen LogP contribution < -0.4 is 15.4 Å². The second-order valence-corrected chi connectivity index (χ2v) is 8.38. The van der Waals surface area contributed by atoms with Crippen molar-refractivity contribution in [3.8, 4) is 5.75 Å². The van der Waals surface area contributed by atoms with E-state index in [9.17, 15) is 19.2 Å². The Kier molecular flexibility index (Phi) is 8.80. The van der Waals surface area contributed by atoms with Gasteiger partial charge < -0.3 is 24.8 Å². The first-order valence-electron chi connectivity index (χ1n) is 11.1. The molecule has 3 rings (SSSR count). The molecule has 0 aliphatic heterocycles. The first kappa shape index (κ1) is 26.4. The predicted molar refractivity (Wildman–Crippen MR) is 136 cm³/mol. The van der Waals surface area contributed by atoms with Gasteiger partial charge in [-0.25, -0.2) is 9.59 Å². The fraction of sp³-hybridized carbons (Fsp3) is 0.231. The number of esters is 2. The summed E-state index contributed by atoms with van der Waals surface area (Å²) in [7, 11) is 1.45. The lowest BCUT2D eigenvalue weighted by Gasteiger charge is -2.10. The Labute approximate surface area is 212 Å². The van der Waals surface area contributed by atoms with Crippen LogP contribution in [-0.4, -0.2) is 44.1 Å². The van der Waals surface area contributed by atoms with Gasteiger partial charge in [0, 0.05) is 0 Å². The number of nitrogens with one attached hydrogen (secondary N) is 2. The molecule has 0 fully saturated rings. The lowest BCUT2D eigenvalue weighted by Crippen LogP contribution is -2.16. The normalized spacial score (nSPS) is 10.3. The highest BCUT2D eigenvalue weighted by Crippen LogP contribution is 2.35. The number of methoxy groups -OCH3 is 1. The zero-order valence-corrected chi connectivity index (χ0v) is 21.1. The van der Waals surface area contributed by atoms with Gasteiger partial charge in [-0.1, -0.05) is 24.3 Å². The molecular formula is C26H26N2O7S. The summed E-state index contributed by atoms with van der Waals surface area (Å²) < 4.78 is 15.5. The molecule has 0 bridgehead atoms. The molecule has 2 aromatic carbocycles. The second kappa shape index (κ2) is 12.0. The number of hydrogen-bond acceptors (Lipinski definition) is 8. The zero-order chi connectivity index (χ0) is 26.2. The smallest absolute Gasteiger partial charge is 0.341 e. The molecule has 0 aliphatic rings. The van der Waals surface area contributed by atoms with Crippen molar-refractivity contribution in [1.82, 2.24) is 0 Å². The van der Waals surface area contributed by atoms with Crippen molar-refractivity contribution in [2.24, 2.45) is 0 Å². The molecule has 9 nitrogen and oxygen atoms in total. The third-order valence-corrected chi connectivity index (χ3v) is 6.29. The van der Waals surface area contributed by atoms with Crippen LogP contribution in [0.25, 0.3) is 0 Å². The summed E-state index contributed by atoms with van der Waals surface area (Å²) in [5.41, 5.74) is 1.12. The molecule has 3 aromatic rings. The second-order valence-electron chi connectivity index (χ2n) is 7.36. The SMILES string of the molecule is CCOC(=O)c1ccccc1NC(=O)c1sc(NC(=O)c2ccccc2OC)c(C(=O)OCC)c1C. The van der Waals surface area contributed by atoms with Crippen molar-refractivity contribution in [3.63, 3.8) is 0 Å². The summed E-state index contributed by atoms with van der Waals surface area (Å²) in [4.78, 5) is 51.4. The van der Waals surface area contributed by atoms with Gasteiger partial charge in [0.1, 0.15) is 10.8 Å². The lowest BCUT2D eigenvalue weighted by molar-refractivity contribution is 0.0517. The van der Waals surface area contributed by atoms with Crippen LogP contribution in [0.1, 0.15) is 60.2 Å². The van der Waals surface area contributed by atoms with Gasteiger partial charge >= 0.3 is 11.9 Å². The zero-order valence-electron chi connectivity index (χ0n) is 20.3. The first-order valence-corrected chi connectivity index (χ1v) is 12.0. The fourth-order valence-corrected chi connectivity index (χ4v) is 4.51. The maximum absolute atomic E-state index is 13.2. The number of para-hydroxylation sites is 2. The van der Waals surface area contributed by atoms with E-state index in [0.29, 0.717) is 11.3 Å². The molecule has 0 saturated carbocycles. The van der Waals surface area contributed by atoms with E-state index in [1.165, 1.54) is 13.2 Å². The Hall–Kier alpha value is -4.18. The highest BCUT2D eigenvalue weighted by molar-refractivity contribution is 7.19. The summed E-state index contributed by atoms with van der Waals surface area (Å²) in [6.45, 7) is 5.23. The number of carbonyl (C=O) groups excluding carboxylic acids is 4. The summed E-state index contributed by atoms with van der Waals surface area (Å²) >= 11 is 0.927. The summed E-state index contributed by atoms with van der Waals surface area (Å²) in [6.07, 6.45) is 0. The average molecular weight is 511 g/mol. The Bertz CT molecular complexity index is 1300. The molecule has 0 spiro atoms. The lowest BCUT2D eigenvalue weighted by atomic mass is 10.1. The molecule has 0 aliphatic carbocycles. The number of thiophene rings is 1. The molecule has 0 saturated heterocycles. The first-order chi connectivity index (χ1) is 17.3. The van der Waals surface area contributed by atoms with E-state index in [1.807, 2.05) is 0 Å². The van der Waals surface area contributed by atoms with E-state index >= 15 is 0 Å². The van der Waals surface area contributed by atoms with E-state index < -0.39 is 23.8 Å². The van der Waals surface area contributed by atoms with Crippen LogP contribution >= 0.6 is 11.3 Å². The summed E-state index contributed by atoms with van der Waals surface area (Å²) in [5.74, 6) is -1.97. The number of ether oxygens (including phenoxy) is 3. The number of hydrogen-bond donors (Lipinski definition) is 2. The van der Waals surface area contributed by atoms with Gasteiger partial charge in [0.25, 0.3) is 11.8 Å². The molecule has 1 heterocycles. The van der Waals surface area contributed by atoms with Crippen LogP contribution in [0.3, 0.4) is 0 Å². The molecule has 0 radical (unpaired) electrons. The highest BCUT2D eigenvalue weighted by Gasteiger charge is 2.28. The Morgan fingerprint density at radius 3 is 2.08 bits per heavy atom. The number of carbonyl (C=O) groups is 4. The van der Waals surface area contributed by atoms with E-state index in [0.717, 1.165) is 11.3 Å². The Balaban J connectivity index is 1.98. The van der Waals surface area contributed by atoms with Crippen LogP contribution in [-0.2, 0) is 9.47 Å². The predicted octanol–water partition coefficient (Wildman–Crippen LogP) is 4.92. The molecule has 1 aromatic heterocycles. The molecule has 2 amide bonds. The van der Waals surface area contributed by atoms with Crippen molar-refractivity contribution in [2.45, 2.75) is 20.8 Å². The van der Waals surface area contributed by atoms with Gasteiger partial charge in [0.15, 0.2) is 0 Å². The van der Waals surface area contributed by atoms with Crippen molar-refractivity contribution >= 4 is 45.8 Å². The minimum absolute atomic E-state index is 0.0777. The number of anilines is 2. The maximum atomic E-state index is 13.2. The molecule has 2 N–H and O–H groups in total. The van der Waals surface area contributed by atoms with Crippen LogP contribution in [0.2, 0.25) is 0 Å². The molecule has 10 heteroatoms. The molecular weight excluding hydrogens is 484 g/mol. The van der Waals surface area contributed by atoms with Gasteiger partial charge in [-0.2, -0.15) is 0 Å². The van der Waals surface area contributed by atoms with Crippen molar-refractivity contribution in [2.75, 3.05) is 31.0 Å². The van der Waals surface area contributed by atoms with Crippen LogP contribution in [0.5, 0.6) is 5.75 Å². The highest BCUT2D eigenvalue weighted by atomic mass is 32.1. The van der Waals surface area contributed by atoms with Crippen LogP contribution in [0.15, 0.2) is 48.5 Å². The minimum Gasteiger partial charge on any atom is -0.496 e. The monoisotopic (exact) mass is 510 g/mol. The van der Waals surface area contributed by atoms with E-state index in [2.05, 4.69) is 10.6 Å². The van der Waals surface area contributed by atoms with E-state index in [-0.39, 0.29) is 45.5 Å². The van der Waals surface area contributed by atoms with Crippen molar-refractivity contribution in [3.05, 3.63) is 75.7 Å². The summed E-state index contributed by atoms with van der Waals surface area (Å²) in [5, 5.41) is 5.58. The Morgan fingerprint density at radius 1 is 0.806 bits per heavy atom. The number of rotatable bonds is 9. The quantitative estimate of drug-likeness (QED) is 0.392. The van der Waals surface area contributed by atoms with E-state index in [1.54, 1.807) is 63.2 Å². The van der Waals surface area contributed by atoms with E-state index in [4.69, 9.17) is 14.2 Å². The van der Waals surface area contributed by atoms with Crippen LogP contribution in [0, 0.1) is 6.92 Å². The number of amides is 2.